The first-order chi connectivity index (χ1) is 7.43. The molecular weight excluding hydrogens is 204 g/mol. The molecule has 0 spiro atoms. The van der Waals surface area contributed by atoms with E-state index in [1.807, 2.05) is 6.92 Å². The Morgan fingerprint density at radius 3 is 2.25 bits per heavy atom. The molecule has 0 aromatic carbocycles. The number of carboxylic acids is 1. The number of nitrogens with two attached hydrogens (primary N) is 1. The lowest BCUT2D eigenvalue weighted by Crippen LogP contribution is -2.62. The quantitative estimate of drug-likeness (QED) is 0.623. The van der Waals surface area contributed by atoms with Gasteiger partial charge in [-0.25, -0.2) is 0 Å². The van der Waals surface area contributed by atoms with Crippen LogP contribution in [0.1, 0.15) is 46.0 Å². The van der Waals surface area contributed by atoms with E-state index in [1.54, 1.807) is 19.0 Å². The number of hydrogen-bond donors (Lipinski definition) is 2. The molecule has 3 N–H and O–H groups in total. The summed E-state index contributed by atoms with van der Waals surface area (Å²) < 4.78 is 0. The van der Waals surface area contributed by atoms with E-state index in [1.165, 1.54) is 0 Å². The molecular formula is C12H26N2O2. The Kier molecular flexibility index (Phi) is 6.60. The zero-order valence-corrected chi connectivity index (χ0v) is 11.0. The predicted molar refractivity (Wildman–Crippen MR) is 66.5 cm³/mol. The molecule has 0 aromatic heterocycles. The molecule has 0 aliphatic heterocycles. The van der Waals surface area contributed by atoms with Crippen LogP contribution >= 0.6 is 0 Å². The summed E-state index contributed by atoms with van der Waals surface area (Å²) in [6.07, 6.45) is 4.35. The minimum Gasteiger partial charge on any atom is -0.480 e. The first-order valence-corrected chi connectivity index (χ1v) is 6.09. The molecule has 2 atom stereocenters. The van der Waals surface area contributed by atoms with Gasteiger partial charge in [0.15, 0.2) is 0 Å². The number of nitrogens with zero attached hydrogens (tertiary/aromatic N) is 1. The highest BCUT2D eigenvalue weighted by Gasteiger charge is 2.44. The number of likely N-dealkylation sites (N-methyl/N-ethyl adjacent to an activating group) is 1. The zero-order chi connectivity index (χ0) is 12.8. The van der Waals surface area contributed by atoms with E-state index in [4.69, 9.17) is 5.73 Å². The fourth-order valence-corrected chi connectivity index (χ4v) is 2.18. The second-order valence-electron chi connectivity index (χ2n) is 4.60. The summed E-state index contributed by atoms with van der Waals surface area (Å²) in [6, 6.07) is -0.322. The van der Waals surface area contributed by atoms with Crippen molar-refractivity contribution >= 4 is 5.97 Å². The molecule has 4 nitrogen and oxygen atoms in total. The third-order valence-corrected chi connectivity index (χ3v) is 3.38. The first kappa shape index (κ1) is 15.4. The van der Waals surface area contributed by atoms with Gasteiger partial charge in [0.25, 0.3) is 0 Å². The van der Waals surface area contributed by atoms with E-state index in [9.17, 15) is 9.90 Å². The van der Waals surface area contributed by atoms with Crippen LogP contribution in [0.25, 0.3) is 0 Å². The summed E-state index contributed by atoms with van der Waals surface area (Å²) in [5.74, 6) is -0.803. The van der Waals surface area contributed by atoms with Gasteiger partial charge >= 0.3 is 5.97 Å². The maximum absolute atomic E-state index is 11.5. The zero-order valence-electron chi connectivity index (χ0n) is 11.0. The summed E-state index contributed by atoms with van der Waals surface area (Å²) in [6.45, 7) is 4.05. The Morgan fingerprint density at radius 1 is 1.38 bits per heavy atom. The maximum atomic E-state index is 11.5. The monoisotopic (exact) mass is 230 g/mol. The van der Waals surface area contributed by atoms with E-state index in [2.05, 4.69) is 6.92 Å². The van der Waals surface area contributed by atoms with Crippen LogP contribution in [0.2, 0.25) is 0 Å². The summed E-state index contributed by atoms with van der Waals surface area (Å²) in [5, 5.41) is 9.47. The van der Waals surface area contributed by atoms with E-state index in [0.717, 1.165) is 19.3 Å². The Labute approximate surface area is 98.8 Å². The molecule has 0 heterocycles. The van der Waals surface area contributed by atoms with Gasteiger partial charge < -0.3 is 10.8 Å². The Hall–Kier alpha value is -0.610. The number of carbonyl (C=O) groups is 1. The van der Waals surface area contributed by atoms with Crippen molar-refractivity contribution in [3.63, 3.8) is 0 Å². The van der Waals surface area contributed by atoms with Crippen molar-refractivity contribution in [3.05, 3.63) is 0 Å². The van der Waals surface area contributed by atoms with Crippen LogP contribution in [0.4, 0.5) is 0 Å². The third-order valence-electron chi connectivity index (χ3n) is 3.38. The van der Waals surface area contributed by atoms with Crippen LogP contribution in [-0.4, -0.2) is 41.7 Å². The first-order valence-electron chi connectivity index (χ1n) is 6.09. The van der Waals surface area contributed by atoms with Gasteiger partial charge in [0, 0.05) is 6.04 Å². The molecule has 0 aromatic rings. The molecule has 0 aliphatic rings. The molecule has 16 heavy (non-hydrogen) atoms. The highest BCUT2D eigenvalue weighted by atomic mass is 16.4. The molecule has 0 saturated carbocycles. The highest BCUT2D eigenvalue weighted by Crippen LogP contribution is 2.26. The summed E-state index contributed by atoms with van der Waals surface area (Å²) in [4.78, 5) is 13.3. The fraction of sp³-hybridized carbons (Fsp3) is 0.917. The van der Waals surface area contributed by atoms with Crippen molar-refractivity contribution in [1.82, 2.24) is 4.90 Å². The number of rotatable bonds is 8. The molecule has 0 aliphatic carbocycles. The smallest absolute Gasteiger partial charge is 0.325 e. The lowest BCUT2D eigenvalue weighted by atomic mass is 9.82. The lowest BCUT2D eigenvalue weighted by molar-refractivity contribution is -0.152. The summed E-state index contributed by atoms with van der Waals surface area (Å²) in [7, 11) is 3.60. The van der Waals surface area contributed by atoms with Crippen molar-refractivity contribution < 1.29 is 9.90 Å². The van der Waals surface area contributed by atoms with Crippen molar-refractivity contribution in [1.29, 1.82) is 0 Å². The van der Waals surface area contributed by atoms with Crippen LogP contribution in [0.3, 0.4) is 0 Å². The molecule has 0 saturated heterocycles. The summed E-state index contributed by atoms with van der Waals surface area (Å²) >= 11 is 0. The van der Waals surface area contributed by atoms with Crippen LogP contribution in [0.15, 0.2) is 0 Å². The second-order valence-corrected chi connectivity index (χ2v) is 4.60. The van der Waals surface area contributed by atoms with Gasteiger partial charge in [0.05, 0.1) is 0 Å². The number of hydrogen-bond acceptors (Lipinski definition) is 3. The molecule has 0 rings (SSSR count). The van der Waals surface area contributed by atoms with Crippen LogP contribution < -0.4 is 5.73 Å². The van der Waals surface area contributed by atoms with E-state index in [0.29, 0.717) is 12.8 Å². The SMILES string of the molecule is CCCCCC(C(=O)O)(C(N)CC)N(C)C. The second kappa shape index (κ2) is 6.86. The standard InChI is InChI=1S/C12H26N2O2/c1-5-7-8-9-12(11(15)16,14(3)4)10(13)6-2/h10H,5-9,13H2,1-4H3,(H,15,16). The third kappa shape index (κ3) is 3.19. The molecule has 4 heteroatoms. The van der Waals surface area contributed by atoms with Crippen LogP contribution in [0, 0.1) is 0 Å². The summed E-state index contributed by atoms with van der Waals surface area (Å²) in [5.41, 5.74) is 5.10. The van der Waals surface area contributed by atoms with Gasteiger partial charge in [0.1, 0.15) is 5.54 Å². The van der Waals surface area contributed by atoms with Crippen molar-refractivity contribution in [2.75, 3.05) is 14.1 Å². The van der Waals surface area contributed by atoms with Gasteiger partial charge in [-0.05, 0) is 26.9 Å². The van der Waals surface area contributed by atoms with Gasteiger partial charge in [-0.1, -0.05) is 33.1 Å². The van der Waals surface area contributed by atoms with Gasteiger partial charge in [0.2, 0.25) is 0 Å². The average molecular weight is 230 g/mol. The van der Waals surface area contributed by atoms with Gasteiger partial charge in [-0.15, -0.1) is 0 Å². The number of carboxylic acid groups (broad SMARTS) is 1. The molecule has 0 fully saturated rings. The molecule has 2 unspecified atom stereocenters. The Morgan fingerprint density at radius 2 is 1.94 bits per heavy atom. The minimum absolute atomic E-state index is 0.322. The highest BCUT2D eigenvalue weighted by molar-refractivity contribution is 5.79. The van der Waals surface area contributed by atoms with E-state index >= 15 is 0 Å². The average Bonchev–Trinajstić information content (AvgIpc) is 2.22. The maximum Gasteiger partial charge on any atom is 0.325 e. The largest absolute Gasteiger partial charge is 0.480 e. The van der Waals surface area contributed by atoms with E-state index in [-0.39, 0.29) is 6.04 Å². The van der Waals surface area contributed by atoms with E-state index < -0.39 is 11.5 Å². The molecule has 0 bridgehead atoms. The van der Waals surface area contributed by atoms with Gasteiger partial charge in [-0.2, -0.15) is 0 Å². The van der Waals surface area contributed by atoms with Crippen LogP contribution in [0.5, 0.6) is 0 Å². The number of unbranched alkanes of at least 4 members (excludes halogenated alkanes) is 2. The molecule has 0 amide bonds. The van der Waals surface area contributed by atoms with Crippen molar-refractivity contribution in [2.45, 2.75) is 57.5 Å². The Balaban J connectivity index is 4.88. The minimum atomic E-state index is -0.913. The fourth-order valence-electron chi connectivity index (χ4n) is 2.18. The van der Waals surface area contributed by atoms with Gasteiger partial charge in [-0.3, -0.25) is 9.69 Å². The van der Waals surface area contributed by atoms with Crippen molar-refractivity contribution in [2.24, 2.45) is 5.73 Å². The normalized spacial score (nSPS) is 17.1. The van der Waals surface area contributed by atoms with Crippen LogP contribution in [-0.2, 0) is 4.79 Å². The predicted octanol–water partition coefficient (Wildman–Crippen LogP) is 1.69. The molecule has 0 radical (unpaired) electrons. The Bertz CT molecular complexity index is 219. The molecule has 96 valence electrons. The number of aliphatic carboxylic acids is 1. The topological polar surface area (TPSA) is 66.6 Å². The van der Waals surface area contributed by atoms with Crippen molar-refractivity contribution in [3.8, 4) is 0 Å². The lowest BCUT2D eigenvalue weighted by Gasteiger charge is -2.40.